The molecule has 1 aliphatic carbocycles. The van der Waals surface area contributed by atoms with E-state index in [9.17, 15) is 14.7 Å². The molecule has 1 saturated carbocycles. The Balaban J connectivity index is 1.67. The standard InChI is InChI=1S/C18H25NO4/c20-16(19-18(17(21)22)11-5-2-6-12-18)10-7-13-23-14-15-8-3-1-4-9-15/h1,3-4,8-9H,2,5-7,10-14H2,(H,19,20)(H,21,22). The van der Waals surface area contributed by atoms with E-state index in [1.165, 1.54) is 0 Å². The predicted molar refractivity (Wildman–Crippen MR) is 86.9 cm³/mol. The van der Waals surface area contributed by atoms with Crippen LogP contribution in [0.25, 0.3) is 0 Å². The van der Waals surface area contributed by atoms with E-state index in [-0.39, 0.29) is 5.91 Å². The van der Waals surface area contributed by atoms with Crippen LogP contribution in [-0.2, 0) is 20.9 Å². The van der Waals surface area contributed by atoms with Crippen molar-refractivity contribution in [3.63, 3.8) is 0 Å². The molecule has 5 heteroatoms. The smallest absolute Gasteiger partial charge is 0.329 e. The second kappa shape index (κ2) is 8.67. The number of aliphatic carboxylic acids is 1. The van der Waals surface area contributed by atoms with Gasteiger partial charge in [-0.2, -0.15) is 0 Å². The van der Waals surface area contributed by atoms with Crippen molar-refractivity contribution in [2.45, 2.75) is 57.1 Å². The van der Waals surface area contributed by atoms with Gasteiger partial charge in [-0.1, -0.05) is 49.6 Å². The summed E-state index contributed by atoms with van der Waals surface area (Å²) in [5, 5.41) is 12.2. The Labute approximate surface area is 137 Å². The monoisotopic (exact) mass is 319 g/mol. The Kier molecular flexibility index (Phi) is 6.59. The minimum Gasteiger partial charge on any atom is -0.480 e. The summed E-state index contributed by atoms with van der Waals surface area (Å²) in [7, 11) is 0. The van der Waals surface area contributed by atoms with Crippen LogP contribution in [0.15, 0.2) is 30.3 Å². The van der Waals surface area contributed by atoms with Gasteiger partial charge < -0.3 is 15.2 Å². The first-order chi connectivity index (χ1) is 11.1. The summed E-state index contributed by atoms with van der Waals surface area (Å²) in [5.74, 6) is -1.11. The molecule has 0 bridgehead atoms. The molecule has 0 spiro atoms. The van der Waals surface area contributed by atoms with Gasteiger partial charge in [-0.15, -0.1) is 0 Å². The van der Waals surface area contributed by atoms with E-state index >= 15 is 0 Å². The number of carbonyl (C=O) groups is 2. The first kappa shape index (κ1) is 17.5. The largest absolute Gasteiger partial charge is 0.480 e. The summed E-state index contributed by atoms with van der Waals surface area (Å²) >= 11 is 0. The molecule has 0 aliphatic heterocycles. The van der Waals surface area contributed by atoms with E-state index in [1.54, 1.807) is 0 Å². The van der Waals surface area contributed by atoms with Crippen LogP contribution in [0.3, 0.4) is 0 Å². The summed E-state index contributed by atoms with van der Waals surface area (Å²) in [6.07, 6.45) is 4.69. The van der Waals surface area contributed by atoms with Gasteiger partial charge in [0.05, 0.1) is 6.61 Å². The average molecular weight is 319 g/mol. The molecule has 0 radical (unpaired) electrons. The molecule has 1 fully saturated rings. The Morgan fingerprint density at radius 1 is 1.13 bits per heavy atom. The molecule has 0 unspecified atom stereocenters. The number of benzene rings is 1. The van der Waals surface area contributed by atoms with Crippen molar-refractivity contribution in [1.82, 2.24) is 5.32 Å². The lowest BCUT2D eigenvalue weighted by Gasteiger charge is -2.34. The van der Waals surface area contributed by atoms with Gasteiger partial charge in [0.25, 0.3) is 0 Å². The van der Waals surface area contributed by atoms with E-state index in [0.29, 0.717) is 38.9 Å². The first-order valence-electron chi connectivity index (χ1n) is 8.28. The lowest BCUT2D eigenvalue weighted by atomic mass is 9.81. The maximum absolute atomic E-state index is 12.0. The van der Waals surface area contributed by atoms with Gasteiger partial charge in [0.1, 0.15) is 5.54 Å². The second-order valence-corrected chi connectivity index (χ2v) is 6.14. The highest BCUT2D eigenvalue weighted by Gasteiger charge is 2.40. The van der Waals surface area contributed by atoms with Gasteiger partial charge in [-0.05, 0) is 24.8 Å². The molecular weight excluding hydrogens is 294 g/mol. The lowest BCUT2D eigenvalue weighted by Crippen LogP contribution is -2.55. The maximum Gasteiger partial charge on any atom is 0.329 e. The molecule has 2 N–H and O–H groups in total. The summed E-state index contributed by atoms with van der Waals surface area (Å²) in [6.45, 7) is 1.02. The number of amides is 1. The van der Waals surface area contributed by atoms with Gasteiger partial charge in [0, 0.05) is 13.0 Å². The lowest BCUT2D eigenvalue weighted by molar-refractivity contribution is -0.149. The van der Waals surface area contributed by atoms with Gasteiger partial charge in [0.2, 0.25) is 5.91 Å². The van der Waals surface area contributed by atoms with Crippen molar-refractivity contribution >= 4 is 11.9 Å². The van der Waals surface area contributed by atoms with E-state index < -0.39 is 11.5 Å². The van der Waals surface area contributed by atoms with E-state index in [4.69, 9.17) is 4.74 Å². The Hall–Kier alpha value is -1.88. The second-order valence-electron chi connectivity index (χ2n) is 6.14. The van der Waals surface area contributed by atoms with Crippen molar-refractivity contribution in [2.24, 2.45) is 0 Å². The van der Waals surface area contributed by atoms with E-state index in [2.05, 4.69) is 5.32 Å². The van der Waals surface area contributed by atoms with Gasteiger partial charge in [-0.25, -0.2) is 4.79 Å². The highest BCUT2D eigenvalue weighted by atomic mass is 16.5. The van der Waals surface area contributed by atoms with Gasteiger partial charge in [0.15, 0.2) is 0 Å². The quantitative estimate of drug-likeness (QED) is 0.722. The molecule has 5 nitrogen and oxygen atoms in total. The molecular formula is C18H25NO4. The molecule has 1 aromatic carbocycles. The number of hydrogen-bond donors (Lipinski definition) is 2. The zero-order valence-corrected chi connectivity index (χ0v) is 13.4. The number of rotatable bonds is 8. The fraction of sp³-hybridized carbons (Fsp3) is 0.556. The Morgan fingerprint density at radius 2 is 1.83 bits per heavy atom. The molecule has 2 rings (SSSR count). The molecule has 0 heterocycles. The fourth-order valence-electron chi connectivity index (χ4n) is 2.98. The van der Waals surface area contributed by atoms with Crippen molar-refractivity contribution in [2.75, 3.05) is 6.61 Å². The fourth-order valence-corrected chi connectivity index (χ4v) is 2.98. The SMILES string of the molecule is O=C(CCCOCc1ccccc1)NC1(C(=O)O)CCCCC1. The third-order valence-corrected chi connectivity index (χ3v) is 4.30. The van der Waals surface area contributed by atoms with Crippen LogP contribution in [-0.4, -0.2) is 29.1 Å². The van der Waals surface area contributed by atoms with E-state index in [1.807, 2.05) is 30.3 Å². The number of nitrogens with one attached hydrogen (secondary N) is 1. The van der Waals surface area contributed by atoms with Crippen LogP contribution in [0, 0.1) is 0 Å². The van der Waals surface area contributed by atoms with Crippen LogP contribution < -0.4 is 5.32 Å². The highest BCUT2D eigenvalue weighted by Crippen LogP contribution is 2.28. The maximum atomic E-state index is 12.0. The number of carboxylic acid groups (broad SMARTS) is 1. The molecule has 23 heavy (non-hydrogen) atoms. The van der Waals surface area contributed by atoms with E-state index in [0.717, 1.165) is 24.8 Å². The van der Waals surface area contributed by atoms with Crippen LogP contribution in [0.5, 0.6) is 0 Å². The highest BCUT2D eigenvalue weighted by molar-refractivity contribution is 5.87. The molecule has 1 aromatic rings. The summed E-state index contributed by atoms with van der Waals surface area (Å²) < 4.78 is 5.54. The molecule has 0 saturated heterocycles. The molecule has 1 amide bonds. The Bertz CT molecular complexity index is 509. The number of carbonyl (C=O) groups excluding carboxylic acids is 1. The minimum absolute atomic E-state index is 0.197. The third-order valence-electron chi connectivity index (χ3n) is 4.30. The minimum atomic E-state index is -1.06. The predicted octanol–water partition coefficient (Wildman–Crippen LogP) is 2.89. The number of ether oxygens (including phenoxy) is 1. The Morgan fingerprint density at radius 3 is 2.48 bits per heavy atom. The third kappa shape index (κ3) is 5.36. The first-order valence-corrected chi connectivity index (χ1v) is 8.28. The molecule has 1 aliphatic rings. The van der Waals surface area contributed by atoms with Gasteiger partial charge in [-0.3, -0.25) is 4.79 Å². The van der Waals surface area contributed by atoms with Crippen molar-refractivity contribution in [3.8, 4) is 0 Å². The topological polar surface area (TPSA) is 75.6 Å². The molecule has 0 atom stereocenters. The average Bonchev–Trinajstić information content (AvgIpc) is 2.56. The van der Waals surface area contributed by atoms with Crippen molar-refractivity contribution in [3.05, 3.63) is 35.9 Å². The van der Waals surface area contributed by atoms with Gasteiger partial charge >= 0.3 is 5.97 Å². The molecule has 0 aromatic heterocycles. The van der Waals surface area contributed by atoms with Crippen LogP contribution in [0.1, 0.15) is 50.5 Å². The van der Waals surface area contributed by atoms with Crippen LogP contribution in [0.2, 0.25) is 0 Å². The summed E-state index contributed by atoms with van der Waals surface area (Å²) in [6, 6.07) is 9.86. The number of hydrogen-bond acceptors (Lipinski definition) is 3. The number of carboxylic acids is 1. The molecule has 126 valence electrons. The normalized spacial score (nSPS) is 16.7. The van der Waals surface area contributed by atoms with Crippen molar-refractivity contribution in [1.29, 1.82) is 0 Å². The zero-order valence-electron chi connectivity index (χ0n) is 13.4. The zero-order chi connectivity index (χ0) is 16.5. The van der Waals surface area contributed by atoms with Crippen LogP contribution >= 0.6 is 0 Å². The van der Waals surface area contributed by atoms with Crippen molar-refractivity contribution < 1.29 is 19.4 Å². The van der Waals surface area contributed by atoms with Crippen LogP contribution in [0.4, 0.5) is 0 Å². The summed E-state index contributed by atoms with van der Waals surface area (Å²) in [4.78, 5) is 23.5. The summed E-state index contributed by atoms with van der Waals surface area (Å²) in [5.41, 5.74) is 0.0456.